The Labute approximate surface area is 114 Å². The van der Waals surface area contributed by atoms with Crippen LogP contribution in [0.3, 0.4) is 0 Å². The first kappa shape index (κ1) is 13.4. The Morgan fingerprint density at radius 2 is 1.89 bits per heavy atom. The number of aryl methyl sites for hydroxylation is 2. The number of alkyl halides is 1. The largest absolute Gasteiger partial charge is 0.348 e. The Morgan fingerprint density at radius 3 is 2.56 bits per heavy atom. The molecule has 1 aromatic rings. The van der Waals surface area contributed by atoms with Gasteiger partial charge in [-0.2, -0.15) is 0 Å². The number of hydrogen-bond acceptors (Lipinski definition) is 1. The van der Waals surface area contributed by atoms with Crippen LogP contribution in [0.2, 0.25) is 0 Å². The van der Waals surface area contributed by atoms with Crippen LogP contribution in [0.5, 0.6) is 0 Å². The highest BCUT2D eigenvalue weighted by atomic mass is 35.5. The van der Waals surface area contributed by atoms with Gasteiger partial charge in [0.2, 0.25) is 5.91 Å². The molecule has 1 aliphatic rings. The SMILES string of the molecule is C[C@H](Cl)C(=O)N[C@@H](C)c1ccc2c(c1)CCCC2. The number of amides is 1. The predicted molar refractivity (Wildman–Crippen MR) is 75.0 cm³/mol. The van der Waals surface area contributed by atoms with Crippen molar-refractivity contribution in [2.75, 3.05) is 0 Å². The van der Waals surface area contributed by atoms with Gasteiger partial charge in [0.1, 0.15) is 5.38 Å². The quantitative estimate of drug-likeness (QED) is 0.834. The highest BCUT2D eigenvalue weighted by molar-refractivity contribution is 6.30. The number of rotatable bonds is 3. The van der Waals surface area contributed by atoms with Crippen molar-refractivity contribution in [1.29, 1.82) is 0 Å². The molecule has 1 amide bonds. The molecule has 1 aromatic carbocycles. The molecule has 0 aliphatic heterocycles. The summed E-state index contributed by atoms with van der Waals surface area (Å²) in [5.41, 5.74) is 4.08. The van der Waals surface area contributed by atoms with Crippen LogP contribution in [0.4, 0.5) is 0 Å². The topological polar surface area (TPSA) is 29.1 Å². The lowest BCUT2D eigenvalue weighted by molar-refractivity contribution is -0.121. The molecule has 2 nitrogen and oxygen atoms in total. The third-order valence-electron chi connectivity index (χ3n) is 3.59. The zero-order chi connectivity index (χ0) is 13.1. The van der Waals surface area contributed by atoms with E-state index in [0.29, 0.717) is 0 Å². The number of halogens is 1. The highest BCUT2D eigenvalue weighted by Crippen LogP contribution is 2.24. The minimum atomic E-state index is -0.481. The summed E-state index contributed by atoms with van der Waals surface area (Å²) < 4.78 is 0. The van der Waals surface area contributed by atoms with Crippen LogP contribution in [0.15, 0.2) is 18.2 Å². The van der Waals surface area contributed by atoms with E-state index in [1.807, 2.05) is 6.92 Å². The molecular formula is C15H20ClNO. The van der Waals surface area contributed by atoms with Crippen molar-refractivity contribution in [3.63, 3.8) is 0 Å². The summed E-state index contributed by atoms with van der Waals surface area (Å²) in [6, 6.07) is 6.58. The number of hydrogen-bond donors (Lipinski definition) is 1. The fourth-order valence-electron chi connectivity index (χ4n) is 2.43. The van der Waals surface area contributed by atoms with E-state index in [-0.39, 0.29) is 11.9 Å². The van der Waals surface area contributed by atoms with Gasteiger partial charge in [-0.1, -0.05) is 18.2 Å². The van der Waals surface area contributed by atoms with Crippen molar-refractivity contribution in [3.8, 4) is 0 Å². The van der Waals surface area contributed by atoms with E-state index in [2.05, 4.69) is 23.5 Å². The summed E-state index contributed by atoms with van der Waals surface area (Å²) in [6.07, 6.45) is 4.92. The average molecular weight is 266 g/mol. The fraction of sp³-hybridized carbons (Fsp3) is 0.533. The minimum absolute atomic E-state index is 0.0194. The maximum Gasteiger partial charge on any atom is 0.238 e. The van der Waals surface area contributed by atoms with Crippen LogP contribution in [-0.4, -0.2) is 11.3 Å². The minimum Gasteiger partial charge on any atom is -0.348 e. The van der Waals surface area contributed by atoms with Crippen molar-refractivity contribution < 1.29 is 4.79 Å². The monoisotopic (exact) mass is 265 g/mol. The van der Waals surface area contributed by atoms with Gasteiger partial charge in [-0.05, 0) is 56.2 Å². The third kappa shape index (κ3) is 3.05. The summed E-state index contributed by atoms with van der Waals surface area (Å²) in [5, 5.41) is 2.45. The zero-order valence-electron chi connectivity index (χ0n) is 11.0. The second kappa shape index (κ2) is 5.75. The van der Waals surface area contributed by atoms with Crippen LogP contribution in [0, 0.1) is 0 Å². The van der Waals surface area contributed by atoms with Crippen LogP contribution in [-0.2, 0) is 17.6 Å². The molecule has 0 spiro atoms. The van der Waals surface area contributed by atoms with Gasteiger partial charge in [-0.3, -0.25) is 4.79 Å². The molecule has 1 N–H and O–H groups in total. The molecule has 0 heterocycles. The lowest BCUT2D eigenvalue weighted by Crippen LogP contribution is -2.32. The maximum absolute atomic E-state index is 11.6. The fourth-order valence-corrected chi connectivity index (χ4v) is 2.50. The molecule has 0 saturated heterocycles. The van der Waals surface area contributed by atoms with E-state index in [1.165, 1.54) is 36.0 Å². The van der Waals surface area contributed by atoms with Crippen molar-refractivity contribution in [2.24, 2.45) is 0 Å². The van der Waals surface area contributed by atoms with Crippen molar-refractivity contribution >= 4 is 17.5 Å². The van der Waals surface area contributed by atoms with Gasteiger partial charge in [-0.15, -0.1) is 11.6 Å². The predicted octanol–water partition coefficient (Wildman–Crippen LogP) is 3.37. The Kier molecular flexibility index (Phi) is 4.28. The average Bonchev–Trinajstić information content (AvgIpc) is 2.37. The summed E-state index contributed by atoms with van der Waals surface area (Å²) >= 11 is 5.76. The molecule has 2 atom stereocenters. The van der Waals surface area contributed by atoms with E-state index < -0.39 is 5.38 Å². The smallest absolute Gasteiger partial charge is 0.238 e. The molecule has 3 heteroatoms. The number of carbonyl (C=O) groups excluding carboxylic acids is 1. The molecule has 0 aromatic heterocycles. The van der Waals surface area contributed by atoms with Gasteiger partial charge in [0.05, 0.1) is 6.04 Å². The molecule has 2 rings (SSSR count). The van der Waals surface area contributed by atoms with Gasteiger partial charge in [0.15, 0.2) is 0 Å². The second-order valence-electron chi connectivity index (χ2n) is 5.08. The van der Waals surface area contributed by atoms with E-state index in [9.17, 15) is 4.79 Å². The normalized spacial score (nSPS) is 17.7. The van der Waals surface area contributed by atoms with Gasteiger partial charge < -0.3 is 5.32 Å². The Hall–Kier alpha value is -1.02. The second-order valence-corrected chi connectivity index (χ2v) is 5.74. The lowest BCUT2D eigenvalue weighted by atomic mass is 9.89. The van der Waals surface area contributed by atoms with Gasteiger partial charge in [0, 0.05) is 0 Å². The van der Waals surface area contributed by atoms with E-state index in [0.717, 1.165) is 6.42 Å². The summed E-state index contributed by atoms with van der Waals surface area (Å²) in [7, 11) is 0. The van der Waals surface area contributed by atoms with Gasteiger partial charge >= 0.3 is 0 Å². The molecule has 0 bridgehead atoms. The van der Waals surface area contributed by atoms with Gasteiger partial charge in [0.25, 0.3) is 0 Å². The van der Waals surface area contributed by atoms with E-state index in [4.69, 9.17) is 11.6 Å². The number of benzene rings is 1. The standard InChI is InChI=1S/C15H20ClNO/c1-10(16)15(18)17-11(2)13-8-7-12-5-3-4-6-14(12)9-13/h7-11H,3-6H2,1-2H3,(H,17,18)/t10-,11-/m0/s1. The summed E-state index contributed by atoms with van der Waals surface area (Å²) in [5.74, 6) is -0.109. The first-order chi connectivity index (χ1) is 8.58. The lowest BCUT2D eigenvalue weighted by Gasteiger charge is -2.20. The zero-order valence-corrected chi connectivity index (χ0v) is 11.8. The number of nitrogens with one attached hydrogen (secondary N) is 1. The molecule has 0 radical (unpaired) electrons. The Balaban J connectivity index is 2.11. The van der Waals surface area contributed by atoms with E-state index in [1.54, 1.807) is 6.92 Å². The Bertz CT molecular complexity index is 442. The van der Waals surface area contributed by atoms with Crippen LogP contribution >= 0.6 is 11.6 Å². The molecule has 98 valence electrons. The maximum atomic E-state index is 11.6. The molecule has 0 fully saturated rings. The molecular weight excluding hydrogens is 246 g/mol. The first-order valence-corrected chi connectivity index (χ1v) is 7.07. The van der Waals surface area contributed by atoms with Crippen LogP contribution < -0.4 is 5.32 Å². The summed E-state index contributed by atoms with van der Waals surface area (Å²) in [4.78, 5) is 11.6. The first-order valence-electron chi connectivity index (χ1n) is 6.64. The van der Waals surface area contributed by atoms with Crippen molar-refractivity contribution in [2.45, 2.75) is 50.9 Å². The summed E-state index contributed by atoms with van der Waals surface area (Å²) in [6.45, 7) is 3.69. The van der Waals surface area contributed by atoms with Crippen molar-refractivity contribution in [1.82, 2.24) is 5.32 Å². The Morgan fingerprint density at radius 1 is 1.22 bits per heavy atom. The van der Waals surface area contributed by atoms with E-state index >= 15 is 0 Å². The van der Waals surface area contributed by atoms with Crippen LogP contribution in [0.1, 0.15) is 49.4 Å². The number of carbonyl (C=O) groups is 1. The van der Waals surface area contributed by atoms with Crippen molar-refractivity contribution in [3.05, 3.63) is 34.9 Å². The highest BCUT2D eigenvalue weighted by Gasteiger charge is 2.16. The third-order valence-corrected chi connectivity index (χ3v) is 3.79. The molecule has 0 unspecified atom stereocenters. The number of fused-ring (bicyclic) bond motifs is 1. The van der Waals surface area contributed by atoms with Crippen LogP contribution in [0.25, 0.3) is 0 Å². The van der Waals surface area contributed by atoms with Gasteiger partial charge in [-0.25, -0.2) is 0 Å². The molecule has 1 aliphatic carbocycles. The molecule has 0 saturated carbocycles. The molecule has 18 heavy (non-hydrogen) atoms.